The zero-order chi connectivity index (χ0) is 17.4. The highest BCUT2D eigenvalue weighted by Crippen LogP contribution is 2.28. The van der Waals surface area contributed by atoms with Gasteiger partial charge in [0.05, 0.1) is 10.4 Å². The molecule has 1 aliphatic rings. The van der Waals surface area contributed by atoms with E-state index in [0.717, 1.165) is 19.3 Å². The van der Waals surface area contributed by atoms with Crippen molar-refractivity contribution < 1.29 is 13.5 Å². The van der Waals surface area contributed by atoms with Crippen LogP contribution in [0, 0.1) is 0 Å². The molecule has 2 heterocycles. The fourth-order valence-electron chi connectivity index (χ4n) is 3.21. The number of aromatic hydroxyl groups is 1. The van der Waals surface area contributed by atoms with Crippen LogP contribution in [0.1, 0.15) is 19.3 Å². The van der Waals surface area contributed by atoms with Crippen molar-refractivity contribution in [2.75, 3.05) is 13.1 Å². The van der Waals surface area contributed by atoms with Crippen LogP contribution in [0.2, 0.25) is 0 Å². The lowest BCUT2D eigenvalue weighted by Crippen LogP contribution is -2.35. The number of H-pyrrole nitrogens is 1. The number of sulfonamides is 1. The summed E-state index contributed by atoms with van der Waals surface area (Å²) in [5.41, 5.74) is 1.86. The molecule has 2 N–H and O–H groups in total. The van der Waals surface area contributed by atoms with Gasteiger partial charge in [0.25, 0.3) is 0 Å². The van der Waals surface area contributed by atoms with Crippen molar-refractivity contribution >= 4 is 21.1 Å². The number of aromatic nitrogens is 2. The van der Waals surface area contributed by atoms with Gasteiger partial charge < -0.3 is 10.1 Å². The monoisotopic (exact) mass is 357 g/mol. The second-order valence-corrected chi connectivity index (χ2v) is 8.19. The van der Waals surface area contributed by atoms with Gasteiger partial charge in [-0.2, -0.15) is 4.31 Å². The van der Waals surface area contributed by atoms with Crippen LogP contribution in [0.5, 0.6) is 5.75 Å². The van der Waals surface area contributed by atoms with E-state index in [9.17, 15) is 13.5 Å². The van der Waals surface area contributed by atoms with Crippen molar-refractivity contribution in [3.8, 4) is 17.1 Å². The maximum atomic E-state index is 12.9. The first-order valence-corrected chi connectivity index (χ1v) is 9.78. The van der Waals surface area contributed by atoms with Gasteiger partial charge in [-0.25, -0.2) is 13.4 Å². The summed E-state index contributed by atoms with van der Waals surface area (Å²) in [5.74, 6) is 0.629. The van der Waals surface area contributed by atoms with Gasteiger partial charge in [-0.15, -0.1) is 0 Å². The Kier molecular flexibility index (Phi) is 3.97. The van der Waals surface area contributed by atoms with Gasteiger partial charge in [-0.1, -0.05) is 24.6 Å². The molecule has 0 amide bonds. The second kappa shape index (κ2) is 6.16. The van der Waals surface area contributed by atoms with Gasteiger partial charge in [-0.05, 0) is 37.1 Å². The number of hydrogen-bond donors (Lipinski definition) is 2. The Morgan fingerprint density at radius 3 is 2.56 bits per heavy atom. The Morgan fingerprint density at radius 1 is 1.04 bits per heavy atom. The molecule has 6 nitrogen and oxygen atoms in total. The van der Waals surface area contributed by atoms with E-state index >= 15 is 0 Å². The number of nitrogens with one attached hydrogen (secondary N) is 1. The molecule has 0 radical (unpaired) electrons. The topological polar surface area (TPSA) is 86.3 Å². The lowest BCUT2D eigenvalue weighted by Gasteiger charge is -2.25. The summed E-state index contributed by atoms with van der Waals surface area (Å²) in [4.78, 5) is 7.81. The van der Waals surface area contributed by atoms with E-state index < -0.39 is 10.0 Å². The van der Waals surface area contributed by atoms with Crippen LogP contribution in [0.3, 0.4) is 0 Å². The Hall–Kier alpha value is -2.38. The highest BCUT2D eigenvalue weighted by molar-refractivity contribution is 7.89. The van der Waals surface area contributed by atoms with E-state index in [1.165, 1.54) is 0 Å². The van der Waals surface area contributed by atoms with E-state index in [1.807, 2.05) is 12.1 Å². The average molecular weight is 357 g/mol. The van der Waals surface area contributed by atoms with Crippen molar-refractivity contribution in [1.29, 1.82) is 0 Å². The van der Waals surface area contributed by atoms with E-state index in [2.05, 4.69) is 9.97 Å². The molecule has 1 aliphatic heterocycles. The molecule has 1 saturated heterocycles. The molecule has 0 bridgehead atoms. The summed E-state index contributed by atoms with van der Waals surface area (Å²) < 4.78 is 27.3. The third kappa shape index (κ3) is 2.89. The van der Waals surface area contributed by atoms with E-state index in [0.29, 0.717) is 35.5 Å². The molecule has 130 valence electrons. The van der Waals surface area contributed by atoms with Crippen molar-refractivity contribution in [3.05, 3.63) is 42.5 Å². The zero-order valence-electron chi connectivity index (χ0n) is 13.6. The number of phenolic OH excluding ortho intramolecular Hbond substituents is 1. The van der Waals surface area contributed by atoms with Crippen LogP contribution >= 0.6 is 0 Å². The van der Waals surface area contributed by atoms with Crippen LogP contribution < -0.4 is 0 Å². The average Bonchev–Trinajstić information content (AvgIpc) is 3.08. The predicted molar refractivity (Wildman–Crippen MR) is 95.8 cm³/mol. The molecular weight excluding hydrogens is 338 g/mol. The van der Waals surface area contributed by atoms with Gasteiger partial charge in [0.2, 0.25) is 10.0 Å². The lowest BCUT2D eigenvalue weighted by atomic mass is 10.2. The number of imidazole rings is 1. The van der Waals surface area contributed by atoms with Crippen LogP contribution in [-0.4, -0.2) is 40.9 Å². The molecule has 1 aromatic heterocycles. The normalized spacial score (nSPS) is 16.3. The molecule has 7 heteroatoms. The van der Waals surface area contributed by atoms with Crippen LogP contribution in [0.4, 0.5) is 0 Å². The number of fused-ring (bicyclic) bond motifs is 1. The largest absolute Gasteiger partial charge is 0.506 e. The SMILES string of the molecule is O=S(=O)(c1cccc(-c2nc3c(O)cccc3[nH]2)c1)N1CCCCC1. The molecule has 0 spiro atoms. The molecule has 0 aliphatic carbocycles. The first-order chi connectivity index (χ1) is 12.1. The van der Waals surface area contributed by atoms with E-state index in [1.54, 1.807) is 34.6 Å². The maximum absolute atomic E-state index is 12.9. The van der Waals surface area contributed by atoms with Gasteiger partial charge in [0.15, 0.2) is 0 Å². The van der Waals surface area contributed by atoms with Gasteiger partial charge >= 0.3 is 0 Å². The summed E-state index contributed by atoms with van der Waals surface area (Å²) in [6.07, 6.45) is 2.89. The Balaban J connectivity index is 1.74. The number of hydrogen-bond acceptors (Lipinski definition) is 4. The molecule has 2 aromatic carbocycles. The summed E-state index contributed by atoms with van der Waals surface area (Å²) in [5, 5.41) is 9.90. The summed E-state index contributed by atoms with van der Waals surface area (Å²) in [6.45, 7) is 1.15. The molecular formula is C18H19N3O3S. The fraction of sp³-hybridized carbons (Fsp3) is 0.278. The van der Waals surface area contributed by atoms with Crippen LogP contribution in [-0.2, 0) is 10.0 Å². The van der Waals surface area contributed by atoms with E-state index in [-0.39, 0.29) is 10.6 Å². The number of nitrogens with zero attached hydrogens (tertiary/aromatic N) is 2. The molecule has 0 saturated carbocycles. The highest BCUT2D eigenvalue weighted by atomic mass is 32.2. The number of phenols is 1. The minimum atomic E-state index is -3.49. The van der Waals surface area contributed by atoms with Gasteiger partial charge in [0.1, 0.15) is 17.1 Å². The Labute approximate surface area is 146 Å². The summed E-state index contributed by atoms with van der Waals surface area (Å²) in [6, 6.07) is 11.9. The van der Waals surface area contributed by atoms with E-state index in [4.69, 9.17) is 0 Å². The number of piperidine rings is 1. The Morgan fingerprint density at radius 2 is 1.80 bits per heavy atom. The van der Waals surface area contributed by atoms with Crippen LogP contribution in [0.15, 0.2) is 47.4 Å². The minimum absolute atomic E-state index is 0.0945. The Bertz CT molecular complexity index is 1020. The number of para-hydroxylation sites is 1. The summed E-state index contributed by atoms with van der Waals surface area (Å²) in [7, 11) is -3.49. The number of benzene rings is 2. The first kappa shape index (κ1) is 16.1. The van der Waals surface area contributed by atoms with Crippen molar-refractivity contribution in [3.63, 3.8) is 0 Å². The fourth-order valence-corrected chi connectivity index (χ4v) is 4.78. The molecule has 4 rings (SSSR count). The highest BCUT2D eigenvalue weighted by Gasteiger charge is 2.26. The lowest BCUT2D eigenvalue weighted by molar-refractivity contribution is 0.346. The smallest absolute Gasteiger partial charge is 0.243 e. The molecule has 3 aromatic rings. The first-order valence-electron chi connectivity index (χ1n) is 8.34. The van der Waals surface area contributed by atoms with Crippen molar-refractivity contribution in [2.24, 2.45) is 0 Å². The molecule has 0 unspecified atom stereocenters. The van der Waals surface area contributed by atoms with Crippen LogP contribution in [0.25, 0.3) is 22.4 Å². The van der Waals surface area contributed by atoms with Gasteiger partial charge in [-0.3, -0.25) is 0 Å². The quantitative estimate of drug-likeness (QED) is 0.754. The maximum Gasteiger partial charge on any atom is 0.243 e. The minimum Gasteiger partial charge on any atom is -0.506 e. The molecule has 25 heavy (non-hydrogen) atoms. The number of aromatic amines is 1. The molecule has 1 fully saturated rings. The van der Waals surface area contributed by atoms with Crippen molar-refractivity contribution in [2.45, 2.75) is 24.2 Å². The zero-order valence-corrected chi connectivity index (χ0v) is 14.5. The number of rotatable bonds is 3. The van der Waals surface area contributed by atoms with Crippen molar-refractivity contribution in [1.82, 2.24) is 14.3 Å². The second-order valence-electron chi connectivity index (χ2n) is 6.25. The summed E-state index contributed by atoms with van der Waals surface area (Å²) >= 11 is 0. The predicted octanol–water partition coefficient (Wildman–Crippen LogP) is 3.11. The standard InChI is InChI=1S/C18H19N3O3S/c22-16-9-5-8-15-17(16)20-18(19-15)13-6-4-7-14(12-13)25(23,24)21-10-2-1-3-11-21/h4-9,12,22H,1-3,10-11H2,(H,19,20). The molecule has 0 atom stereocenters. The third-order valence-electron chi connectivity index (χ3n) is 4.55. The van der Waals surface area contributed by atoms with Gasteiger partial charge in [0, 0.05) is 18.7 Å². The third-order valence-corrected chi connectivity index (χ3v) is 6.45.